The Kier molecular flexibility index (Phi) is 10.1. The Labute approximate surface area is 145 Å². The van der Waals surface area contributed by atoms with Gasteiger partial charge in [-0.05, 0) is 25.8 Å². The molecule has 0 amide bonds. The Balaban J connectivity index is 2.84. The maximum absolute atomic E-state index is 12.4. The van der Waals surface area contributed by atoms with Crippen molar-refractivity contribution in [1.29, 1.82) is 0 Å². The molecule has 0 atom stereocenters. The van der Waals surface area contributed by atoms with Crippen molar-refractivity contribution in [3.05, 3.63) is 34.4 Å². The van der Waals surface area contributed by atoms with Gasteiger partial charge in [0.25, 0.3) is 0 Å². The maximum Gasteiger partial charge on any atom is 0.351 e. The highest BCUT2D eigenvalue weighted by atomic mass is 16.5. The lowest BCUT2D eigenvalue weighted by atomic mass is 10.0. The Morgan fingerprint density at radius 1 is 1.17 bits per heavy atom. The topological polar surface area (TPSA) is 53.4 Å². The molecule has 5 nitrogen and oxygen atoms in total. The summed E-state index contributed by atoms with van der Waals surface area (Å²) in [5.41, 5.74) is 0.682. The van der Waals surface area contributed by atoms with Gasteiger partial charge < -0.3 is 9.47 Å². The van der Waals surface area contributed by atoms with Crippen LogP contribution in [0.2, 0.25) is 0 Å². The summed E-state index contributed by atoms with van der Waals surface area (Å²) in [4.78, 5) is 16.6. The molecule has 24 heavy (non-hydrogen) atoms. The molecule has 0 unspecified atom stereocenters. The minimum Gasteiger partial charge on any atom is -0.473 e. The molecule has 0 fully saturated rings. The molecule has 1 rings (SSSR count). The van der Waals surface area contributed by atoms with E-state index in [0.29, 0.717) is 19.1 Å². The predicted octanol–water partition coefficient (Wildman–Crippen LogP) is 4.05. The van der Waals surface area contributed by atoms with Gasteiger partial charge in [-0.3, -0.25) is 4.57 Å². The summed E-state index contributed by atoms with van der Waals surface area (Å²) in [7, 11) is 1.64. The minimum absolute atomic E-state index is 0.214. The van der Waals surface area contributed by atoms with Crippen LogP contribution in [0.3, 0.4) is 0 Å². The van der Waals surface area contributed by atoms with Gasteiger partial charge in [0.15, 0.2) is 0 Å². The number of rotatable bonds is 12. The van der Waals surface area contributed by atoms with Crippen LogP contribution in [0, 0.1) is 6.92 Å². The fraction of sp³-hybridized carbons (Fsp3) is 0.684. The predicted molar refractivity (Wildman–Crippen MR) is 97.8 cm³/mol. The number of unbranched alkanes of at least 4 members (excludes halogenated alkanes) is 2. The van der Waals surface area contributed by atoms with Gasteiger partial charge in [-0.1, -0.05) is 45.6 Å². The normalized spacial score (nSPS) is 11.5. The number of methoxy groups -OCH3 is 1. The molecule has 0 N–H and O–H groups in total. The Morgan fingerprint density at radius 3 is 2.38 bits per heavy atom. The molecular weight excluding hydrogens is 304 g/mol. The number of hydrogen-bond donors (Lipinski definition) is 0. The van der Waals surface area contributed by atoms with Crippen LogP contribution in [0.1, 0.15) is 64.0 Å². The van der Waals surface area contributed by atoms with Crippen LogP contribution < -0.4 is 10.4 Å². The number of aromatic nitrogens is 2. The van der Waals surface area contributed by atoms with Gasteiger partial charge in [0, 0.05) is 24.9 Å². The molecule has 136 valence electrons. The first-order valence-electron chi connectivity index (χ1n) is 9.00. The zero-order valence-electron chi connectivity index (χ0n) is 15.6. The smallest absolute Gasteiger partial charge is 0.351 e. The Bertz CT molecular complexity index is 544. The van der Waals surface area contributed by atoms with Crippen LogP contribution in [-0.2, 0) is 4.74 Å². The average molecular weight is 336 g/mol. The van der Waals surface area contributed by atoms with Crippen molar-refractivity contribution < 1.29 is 9.47 Å². The van der Waals surface area contributed by atoms with E-state index in [0.717, 1.165) is 44.1 Å². The van der Waals surface area contributed by atoms with Gasteiger partial charge in [0.2, 0.25) is 5.88 Å². The van der Waals surface area contributed by atoms with Crippen LogP contribution in [0.15, 0.2) is 23.1 Å². The summed E-state index contributed by atoms with van der Waals surface area (Å²) in [6, 6.07) is 0.235. The quantitative estimate of drug-likeness (QED) is 0.540. The number of aryl methyl sites for hydroxylation is 1. The molecule has 0 aliphatic carbocycles. The van der Waals surface area contributed by atoms with Crippen molar-refractivity contribution in [2.75, 3.05) is 20.3 Å². The molecule has 1 aromatic rings. The van der Waals surface area contributed by atoms with Gasteiger partial charge in [0.05, 0.1) is 6.61 Å². The van der Waals surface area contributed by atoms with E-state index < -0.39 is 0 Å². The summed E-state index contributed by atoms with van der Waals surface area (Å²) >= 11 is 0. The van der Waals surface area contributed by atoms with E-state index in [4.69, 9.17) is 9.47 Å². The zero-order valence-corrected chi connectivity index (χ0v) is 15.6. The molecule has 0 bridgehead atoms. The average Bonchev–Trinajstić information content (AvgIpc) is 2.58. The molecule has 0 spiro atoms. The molecule has 0 saturated carbocycles. The van der Waals surface area contributed by atoms with Crippen LogP contribution in [-0.4, -0.2) is 29.9 Å². The van der Waals surface area contributed by atoms with Crippen molar-refractivity contribution in [3.63, 3.8) is 0 Å². The van der Waals surface area contributed by atoms with E-state index >= 15 is 0 Å². The Morgan fingerprint density at radius 2 is 1.79 bits per heavy atom. The van der Waals surface area contributed by atoms with Crippen molar-refractivity contribution in [1.82, 2.24) is 9.55 Å². The highest BCUT2D eigenvalue weighted by molar-refractivity contribution is 5.21. The van der Waals surface area contributed by atoms with E-state index in [1.54, 1.807) is 11.7 Å². The molecule has 0 saturated heterocycles. The first kappa shape index (κ1) is 20.4. The third kappa shape index (κ3) is 6.87. The number of ether oxygens (including phenoxy) is 2. The van der Waals surface area contributed by atoms with Gasteiger partial charge in [0.1, 0.15) is 6.61 Å². The summed E-state index contributed by atoms with van der Waals surface area (Å²) < 4.78 is 12.3. The molecule has 5 heteroatoms. The van der Waals surface area contributed by atoms with Gasteiger partial charge in [-0.15, -0.1) is 0 Å². The second-order valence-electron chi connectivity index (χ2n) is 6.09. The second-order valence-corrected chi connectivity index (χ2v) is 6.09. The number of nitrogens with zero attached hydrogens (tertiary/aromatic N) is 2. The first-order valence-corrected chi connectivity index (χ1v) is 9.00. The van der Waals surface area contributed by atoms with E-state index in [2.05, 4.69) is 18.8 Å². The molecule has 0 aromatic carbocycles. The molecule has 1 heterocycles. The highest BCUT2D eigenvalue weighted by Crippen LogP contribution is 2.22. The summed E-state index contributed by atoms with van der Waals surface area (Å²) in [6.45, 7) is 7.23. The number of hydrogen-bond acceptors (Lipinski definition) is 4. The lowest BCUT2D eigenvalue weighted by molar-refractivity contribution is 0.233. The van der Waals surface area contributed by atoms with Crippen LogP contribution in [0.5, 0.6) is 5.88 Å². The SMILES string of the molecule is CCCCC(CCCC)n1cc(C)c(OC/C=C/COC)nc1=O. The molecule has 1 aromatic heterocycles. The van der Waals surface area contributed by atoms with E-state index in [-0.39, 0.29) is 11.7 Å². The Hall–Kier alpha value is -1.62. The van der Waals surface area contributed by atoms with E-state index in [9.17, 15) is 4.79 Å². The minimum atomic E-state index is -0.214. The summed E-state index contributed by atoms with van der Waals surface area (Å²) in [6.07, 6.45) is 12.2. The first-order chi connectivity index (χ1) is 11.6. The second kappa shape index (κ2) is 11.8. The molecule has 0 aliphatic heterocycles. The third-order valence-electron chi connectivity index (χ3n) is 4.01. The van der Waals surface area contributed by atoms with Crippen molar-refractivity contribution in [2.24, 2.45) is 0 Å². The van der Waals surface area contributed by atoms with Crippen molar-refractivity contribution in [2.45, 2.75) is 65.3 Å². The lowest BCUT2D eigenvalue weighted by Crippen LogP contribution is -2.28. The fourth-order valence-electron chi connectivity index (χ4n) is 2.62. The van der Waals surface area contributed by atoms with Gasteiger partial charge >= 0.3 is 5.69 Å². The zero-order chi connectivity index (χ0) is 17.8. The maximum atomic E-state index is 12.4. The molecule has 0 radical (unpaired) electrons. The standard InChI is InChI=1S/C19H32N2O3/c1-5-7-11-17(12-8-6-2)21-15-16(3)18(20-19(21)22)24-14-10-9-13-23-4/h9-10,15,17H,5-8,11-14H2,1-4H3/b10-9+. The van der Waals surface area contributed by atoms with Crippen molar-refractivity contribution >= 4 is 0 Å². The largest absolute Gasteiger partial charge is 0.473 e. The van der Waals surface area contributed by atoms with Gasteiger partial charge in [-0.25, -0.2) is 4.79 Å². The molecular formula is C19H32N2O3. The monoisotopic (exact) mass is 336 g/mol. The van der Waals surface area contributed by atoms with Crippen LogP contribution >= 0.6 is 0 Å². The van der Waals surface area contributed by atoms with Gasteiger partial charge in [-0.2, -0.15) is 4.98 Å². The van der Waals surface area contributed by atoms with Crippen LogP contribution in [0.25, 0.3) is 0 Å². The third-order valence-corrected chi connectivity index (χ3v) is 4.01. The van der Waals surface area contributed by atoms with Crippen molar-refractivity contribution in [3.8, 4) is 5.88 Å². The fourth-order valence-corrected chi connectivity index (χ4v) is 2.62. The van der Waals surface area contributed by atoms with E-state index in [1.807, 2.05) is 25.3 Å². The summed E-state index contributed by atoms with van der Waals surface area (Å²) in [5.74, 6) is 0.419. The lowest BCUT2D eigenvalue weighted by Gasteiger charge is -2.20. The van der Waals surface area contributed by atoms with E-state index in [1.165, 1.54) is 0 Å². The molecule has 0 aliphatic rings. The van der Waals surface area contributed by atoms with Crippen LogP contribution in [0.4, 0.5) is 0 Å². The summed E-state index contributed by atoms with van der Waals surface area (Å²) in [5, 5.41) is 0. The highest BCUT2D eigenvalue weighted by Gasteiger charge is 2.15.